The highest BCUT2D eigenvalue weighted by Gasteiger charge is 2.30. The first kappa shape index (κ1) is 19.6. The van der Waals surface area contributed by atoms with Gasteiger partial charge in [0.15, 0.2) is 0 Å². The lowest BCUT2D eigenvalue weighted by atomic mass is 9.99. The molecule has 4 nitrogen and oxygen atoms in total. The van der Waals surface area contributed by atoms with E-state index in [0.717, 1.165) is 12.8 Å². The average Bonchev–Trinajstić information content (AvgIpc) is 3.16. The minimum Gasteiger partial charge on any atom is -0.376 e. The molecule has 1 N–H and O–H groups in total. The highest BCUT2D eigenvalue weighted by molar-refractivity contribution is 6.52. The number of benzene rings is 1. The molecule has 3 rings (SSSR count). The highest BCUT2D eigenvalue weighted by Crippen LogP contribution is 2.36. The van der Waals surface area contributed by atoms with Gasteiger partial charge in [0.1, 0.15) is 16.7 Å². The standard InChI is InChI=1S/C17H13Cl4FN2O2/c18-11-12(19)15(23-16(21)13(11)20)17(25)24-14(10-2-1-7-26-10)8-3-5-9(22)6-4-8/h3-6,10,14H,1-2,7H2,(H,24,25)/t10-,14+/m1/s1. The molecule has 0 aliphatic carbocycles. The second-order valence-corrected chi connectivity index (χ2v) is 7.24. The predicted molar refractivity (Wildman–Crippen MR) is 99.9 cm³/mol. The zero-order valence-corrected chi connectivity index (χ0v) is 16.3. The molecular weight excluding hydrogens is 425 g/mol. The Kier molecular flexibility index (Phi) is 6.25. The smallest absolute Gasteiger partial charge is 0.272 e. The second kappa shape index (κ2) is 8.28. The molecule has 1 aromatic carbocycles. The Bertz CT molecular complexity index is 827. The largest absolute Gasteiger partial charge is 0.376 e. The molecule has 26 heavy (non-hydrogen) atoms. The molecule has 0 spiro atoms. The van der Waals surface area contributed by atoms with Gasteiger partial charge < -0.3 is 10.1 Å². The molecule has 2 atom stereocenters. The maximum Gasteiger partial charge on any atom is 0.272 e. The third-order valence-electron chi connectivity index (χ3n) is 4.05. The van der Waals surface area contributed by atoms with E-state index in [2.05, 4.69) is 10.3 Å². The highest BCUT2D eigenvalue weighted by atomic mass is 35.5. The van der Waals surface area contributed by atoms with Crippen molar-refractivity contribution < 1.29 is 13.9 Å². The van der Waals surface area contributed by atoms with E-state index in [0.29, 0.717) is 12.2 Å². The Hall–Kier alpha value is -1.11. The quantitative estimate of drug-likeness (QED) is 0.644. The van der Waals surface area contributed by atoms with Crippen LogP contribution in [0, 0.1) is 5.82 Å². The van der Waals surface area contributed by atoms with Crippen molar-refractivity contribution in [3.8, 4) is 0 Å². The van der Waals surface area contributed by atoms with E-state index < -0.39 is 11.9 Å². The maximum absolute atomic E-state index is 13.2. The summed E-state index contributed by atoms with van der Waals surface area (Å²) in [5.41, 5.74) is 0.560. The fourth-order valence-corrected chi connectivity index (χ4v) is 3.59. The molecule has 138 valence electrons. The topological polar surface area (TPSA) is 51.2 Å². The summed E-state index contributed by atoms with van der Waals surface area (Å²) in [7, 11) is 0. The van der Waals surface area contributed by atoms with Crippen LogP contribution in [0.2, 0.25) is 20.2 Å². The van der Waals surface area contributed by atoms with Crippen molar-refractivity contribution in [3.63, 3.8) is 0 Å². The monoisotopic (exact) mass is 436 g/mol. The number of hydrogen-bond donors (Lipinski definition) is 1. The maximum atomic E-state index is 13.2. The van der Waals surface area contributed by atoms with Crippen molar-refractivity contribution in [2.24, 2.45) is 0 Å². The van der Waals surface area contributed by atoms with Crippen LogP contribution in [0.1, 0.15) is 34.9 Å². The van der Waals surface area contributed by atoms with Gasteiger partial charge in [0.2, 0.25) is 0 Å². The number of ether oxygens (including phenoxy) is 1. The third kappa shape index (κ3) is 4.07. The third-order valence-corrected chi connectivity index (χ3v) is 5.73. The molecule has 1 amide bonds. The van der Waals surface area contributed by atoms with Gasteiger partial charge >= 0.3 is 0 Å². The van der Waals surface area contributed by atoms with E-state index in [9.17, 15) is 9.18 Å². The zero-order chi connectivity index (χ0) is 18.8. The lowest BCUT2D eigenvalue weighted by Crippen LogP contribution is -2.36. The van der Waals surface area contributed by atoms with Crippen LogP contribution in [0.5, 0.6) is 0 Å². The van der Waals surface area contributed by atoms with Gasteiger partial charge in [0, 0.05) is 6.61 Å². The van der Waals surface area contributed by atoms with Crippen LogP contribution in [0.25, 0.3) is 0 Å². The molecule has 2 heterocycles. The molecule has 0 bridgehead atoms. The minimum atomic E-state index is -0.583. The molecule has 0 saturated carbocycles. The molecule has 1 aliphatic heterocycles. The van der Waals surface area contributed by atoms with Gasteiger partial charge in [-0.1, -0.05) is 58.5 Å². The van der Waals surface area contributed by atoms with Crippen molar-refractivity contribution in [2.75, 3.05) is 6.61 Å². The first-order valence-corrected chi connectivity index (χ1v) is 9.27. The number of amides is 1. The van der Waals surface area contributed by atoms with E-state index in [1.165, 1.54) is 12.1 Å². The molecule has 1 aliphatic rings. The summed E-state index contributed by atoms with van der Waals surface area (Å²) >= 11 is 23.9. The fraction of sp³-hybridized carbons (Fsp3) is 0.294. The van der Waals surface area contributed by atoms with Crippen molar-refractivity contribution in [3.05, 3.63) is 61.6 Å². The Labute approximate surface area is 169 Å². The molecular formula is C17H13Cl4FN2O2. The van der Waals surface area contributed by atoms with Gasteiger partial charge in [-0.25, -0.2) is 9.37 Å². The number of halogens is 5. The number of nitrogens with one attached hydrogen (secondary N) is 1. The van der Waals surface area contributed by atoms with Gasteiger partial charge in [-0.05, 0) is 30.5 Å². The van der Waals surface area contributed by atoms with Gasteiger partial charge in [-0.2, -0.15) is 0 Å². The summed E-state index contributed by atoms with van der Waals surface area (Å²) in [5, 5.41) is 2.54. The van der Waals surface area contributed by atoms with Crippen LogP contribution in [-0.4, -0.2) is 23.6 Å². The number of pyridine rings is 1. The number of hydrogen-bond acceptors (Lipinski definition) is 3. The number of nitrogens with zero attached hydrogens (tertiary/aromatic N) is 1. The van der Waals surface area contributed by atoms with Crippen LogP contribution in [0.4, 0.5) is 4.39 Å². The molecule has 1 fully saturated rings. The second-order valence-electron chi connectivity index (χ2n) is 5.75. The first-order chi connectivity index (χ1) is 12.4. The van der Waals surface area contributed by atoms with Crippen molar-refractivity contribution in [2.45, 2.75) is 25.0 Å². The van der Waals surface area contributed by atoms with Crippen molar-refractivity contribution in [1.29, 1.82) is 0 Å². The number of rotatable bonds is 4. The van der Waals surface area contributed by atoms with Crippen LogP contribution >= 0.6 is 46.4 Å². The molecule has 2 aromatic rings. The first-order valence-electron chi connectivity index (χ1n) is 7.76. The summed E-state index contributed by atoms with van der Waals surface area (Å²) in [6, 6.07) is 5.34. The van der Waals surface area contributed by atoms with Gasteiger partial charge in [0.25, 0.3) is 5.91 Å². The molecule has 0 unspecified atom stereocenters. The number of carbonyl (C=O) groups excluding carboxylic acids is 1. The minimum absolute atomic E-state index is 0.0240. The molecule has 0 radical (unpaired) electrons. The Balaban J connectivity index is 1.92. The predicted octanol–water partition coefficient (Wildman–Crippen LogP) is 5.48. The van der Waals surface area contributed by atoms with Gasteiger partial charge in [-0.3, -0.25) is 4.79 Å². The van der Waals surface area contributed by atoms with E-state index in [1.807, 2.05) is 0 Å². The van der Waals surface area contributed by atoms with Crippen molar-refractivity contribution >= 4 is 52.3 Å². The average molecular weight is 438 g/mol. The molecule has 9 heteroatoms. The summed E-state index contributed by atoms with van der Waals surface area (Å²) in [6.07, 6.45) is 1.38. The van der Waals surface area contributed by atoms with E-state index in [-0.39, 0.29) is 37.8 Å². The summed E-state index contributed by atoms with van der Waals surface area (Å²) in [6.45, 7) is 0.593. The summed E-state index contributed by atoms with van der Waals surface area (Å²) < 4.78 is 18.9. The number of aromatic nitrogens is 1. The Morgan fingerprint density at radius 1 is 1.15 bits per heavy atom. The normalized spacial score (nSPS) is 18.0. The van der Waals surface area contributed by atoms with Crippen LogP contribution in [0.3, 0.4) is 0 Å². The van der Waals surface area contributed by atoms with Gasteiger partial charge in [-0.15, -0.1) is 0 Å². The molecule has 1 saturated heterocycles. The zero-order valence-electron chi connectivity index (χ0n) is 13.2. The fourth-order valence-electron chi connectivity index (χ4n) is 2.77. The SMILES string of the molecule is O=C(N[C@@H](c1ccc(F)cc1)[C@H]1CCCO1)c1nc(Cl)c(Cl)c(Cl)c1Cl. The van der Waals surface area contributed by atoms with E-state index >= 15 is 0 Å². The summed E-state index contributed by atoms with van der Waals surface area (Å²) in [4.78, 5) is 16.7. The van der Waals surface area contributed by atoms with Crippen LogP contribution in [-0.2, 0) is 4.74 Å². The number of carbonyl (C=O) groups is 1. The Morgan fingerprint density at radius 2 is 1.85 bits per heavy atom. The van der Waals surface area contributed by atoms with Crippen LogP contribution in [0.15, 0.2) is 24.3 Å². The lowest BCUT2D eigenvalue weighted by molar-refractivity contribution is 0.0670. The van der Waals surface area contributed by atoms with Gasteiger partial charge in [0.05, 0.1) is 27.2 Å². The van der Waals surface area contributed by atoms with E-state index in [4.69, 9.17) is 51.1 Å². The van der Waals surface area contributed by atoms with E-state index in [1.54, 1.807) is 12.1 Å². The molecule has 1 aromatic heterocycles. The van der Waals surface area contributed by atoms with Crippen LogP contribution < -0.4 is 5.32 Å². The Morgan fingerprint density at radius 3 is 2.46 bits per heavy atom. The van der Waals surface area contributed by atoms with Crippen molar-refractivity contribution in [1.82, 2.24) is 10.3 Å². The lowest BCUT2D eigenvalue weighted by Gasteiger charge is -2.25. The summed E-state index contributed by atoms with van der Waals surface area (Å²) in [5.74, 6) is -0.951.